The lowest BCUT2D eigenvalue weighted by molar-refractivity contribution is -0.117. The maximum Gasteiger partial charge on any atom is 0.241 e. The van der Waals surface area contributed by atoms with Crippen LogP contribution >= 0.6 is 12.4 Å². The number of amides is 1. The summed E-state index contributed by atoms with van der Waals surface area (Å²) in [6.45, 7) is 2.36. The fourth-order valence-electron chi connectivity index (χ4n) is 2.74. The number of rotatable bonds is 5. The largest absolute Gasteiger partial charge is 0.491 e. The van der Waals surface area contributed by atoms with E-state index in [-0.39, 0.29) is 30.5 Å². The topological polar surface area (TPSA) is 59.6 Å². The summed E-state index contributed by atoms with van der Waals surface area (Å²) in [6.07, 6.45) is 4.39. The van der Waals surface area contributed by atoms with E-state index < -0.39 is 0 Å². The maximum absolute atomic E-state index is 12.0. The minimum absolute atomic E-state index is 0. The Labute approximate surface area is 137 Å². The van der Waals surface area contributed by atoms with Gasteiger partial charge in [-0.3, -0.25) is 4.79 Å². The molecule has 1 aromatic carbocycles. The molecule has 0 bridgehead atoms. The molecule has 2 aliphatic heterocycles. The smallest absolute Gasteiger partial charge is 0.241 e. The van der Waals surface area contributed by atoms with E-state index in [9.17, 15) is 4.79 Å². The lowest BCUT2D eigenvalue weighted by atomic mass is 10.2. The van der Waals surface area contributed by atoms with Gasteiger partial charge in [0.25, 0.3) is 0 Å². The Balaban J connectivity index is 0.00000176. The molecule has 0 saturated carbocycles. The second-order valence-electron chi connectivity index (χ2n) is 5.61. The maximum atomic E-state index is 12.0. The molecule has 0 radical (unpaired) electrons. The average molecular weight is 327 g/mol. The Hall–Kier alpha value is -1.30. The van der Waals surface area contributed by atoms with Crippen LogP contribution in [0, 0.1) is 0 Å². The lowest BCUT2D eigenvalue weighted by Crippen LogP contribution is -2.35. The molecule has 2 atom stereocenters. The highest BCUT2D eigenvalue weighted by molar-refractivity contribution is 5.95. The Bertz CT molecular complexity index is 469. The molecule has 1 aromatic rings. The molecule has 22 heavy (non-hydrogen) atoms. The predicted molar refractivity (Wildman–Crippen MR) is 87.8 cm³/mol. The second-order valence-corrected chi connectivity index (χ2v) is 5.61. The predicted octanol–water partition coefficient (Wildman–Crippen LogP) is 2.36. The van der Waals surface area contributed by atoms with Crippen molar-refractivity contribution in [3.63, 3.8) is 0 Å². The van der Waals surface area contributed by atoms with Gasteiger partial charge in [0, 0.05) is 12.3 Å². The van der Waals surface area contributed by atoms with Gasteiger partial charge >= 0.3 is 0 Å². The molecule has 0 aliphatic carbocycles. The first-order valence-electron chi connectivity index (χ1n) is 7.70. The number of carbonyl (C=O) groups is 1. The van der Waals surface area contributed by atoms with E-state index in [1.165, 1.54) is 0 Å². The standard InChI is InChI=1S/C16H22N2O3.ClH/c19-16(15-4-1-9-17-15)18-12-5-7-13(8-6-12)21-11-14-3-2-10-20-14;/h5-8,14-15,17H,1-4,9-11H2,(H,18,19);1H. The molecule has 0 spiro atoms. The van der Waals surface area contributed by atoms with E-state index >= 15 is 0 Å². The fourth-order valence-corrected chi connectivity index (χ4v) is 2.74. The molecule has 122 valence electrons. The van der Waals surface area contributed by atoms with E-state index in [1.54, 1.807) is 0 Å². The van der Waals surface area contributed by atoms with Crippen LogP contribution in [0.1, 0.15) is 25.7 Å². The molecule has 0 aromatic heterocycles. The van der Waals surface area contributed by atoms with Crippen molar-refractivity contribution in [1.82, 2.24) is 5.32 Å². The van der Waals surface area contributed by atoms with Crippen molar-refractivity contribution in [1.29, 1.82) is 0 Å². The van der Waals surface area contributed by atoms with E-state index in [2.05, 4.69) is 10.6 Å². The third-order valence-corrected chi connectivity index (χ3v) is 3.96. The van der Waals surface area contributed by atoms with Crippen LogP contribution < -0.4 is 15.4 Å². The summed E-state index contributed by atoms with van der Waals surface area (Å²) in [6, 6.07) is 7.45. The normalized spacial score (nSPS) is 23.8. The van der Waals surface area contributed by atoms with E-state index in [0.717, 1.165) is 50.3 Å². The molecule has 2 heterocycles. The molecule has 2 N–H and O–H groups in total. The van der Waals surface area contributed by atoms with Gasteiger partial charge < -0.3 is 20.1 Å². The molecule has 3 rings (SSSR count). The van der Waals surface area contributed by atoms with E-state index in [1.807, 2.05) is 24.3 Å². The van der Waals surface area contributed by atoms with Crippen LogP contribution in [0.25, 0.3) is 0 Å². The summed E-state index contributed by atoms with van der Waals surface area (Å²) in [5, 5.41) is 6.12. The molecular formula is C16H23ClN2O3. The molecule has 2 aliphatic rings. The lowest BCUT2D eigenvalue weighted by Gasteiger charge is -2.13. The van der Waals surface area contributed by atoms with Gasteiger partial charge in [-0.05, 0) is 56.5 Å². The third kappa shape index (κ3) is 4.60. The monoisotopic (exact) mass is 326 g/mol. The SMILES string of the molecule is Cl.O=C(Nc1ccc(OCC2CCCO2)cc1)C1CCCN1. The number of benzene rings is 1. The van der Waals surface area contributed by atoms with E-state index in [0.29, 0.717) is 6.61 Å². The van der Waals surface area contributed by atoms with Gasteiger partial charge in [0.15, 0.2) is 0 Å². The van der Waals surface area contributed by atoms with Gasteiger partial charge in [-0.25, -0.2) is 0 Å². The quantitative estimate of drug-likeness (QED) is 0.872. The number of anilines is 1. The van der Waals surface area contributed by atoms with Crippen LogP contribution in [0.4, 0.5) is 5.69 Å². The van der Waals surface area contributed by atoms with Crippen LogP contribution in [-0.2, 0) is 9.53 Å². The Morgan fingerprint density at radius 3 is 2.73 bits per heavy atom. The van der Waals surface area contributed by atoms with E-state index in [4.69, 9.17) is 9.47 Å². The van der Waals surface area contributed by atoms with Crippen molar-refractivity contribution < 1.29 is 14.3 Å². The number of nitrogens with one attached hydrogen (secondary N) is 2. The number of ether oxygens (including phenoxy) is 2. The molecule has 2 unspecified atom stereocenters. The summed E-state index contributed by atoms with van der Waals surface area (Å²) < 4.78 is 11.2. The van der Waals surface area contributed by atoms with Crippen LogP contribution in [0.2, 0.25) is 0 Å². The van der Waals surface area contributed by atoms with Crippen LogP contribution in [0.3, 0.4) is 0 Å². The van der Waals surface area contributed by atoms with Crippen molar-refractivity contribution in [3.05, 3.63) is 24.3 Å². The zero-order chi connectivity index (χ0) is 14.5. The average Bonchev–Trinajstić information content (AvgIpc) is 3.20. The minimum atomic E-state index is -0.0551. The van der Waals surface area contributed by atoms with Crippen LogP contribution in [-0.4, -0.2) is 37.8 Å². The molecule has 2 fully saturated rings. The number of carbonyl (C=O) groups excluding carboxylic acids is 1. The third-order valence-electron chi connectivity index (χ3n) is 3.96. The zero-order valence-corrected chi connectivity index (χ0v) is 13.4. The second kappa shape index (κ2) is 8.36. The van der Waals surface area contributed by atoms with Crippen LogP contribution in [0.15, 0.2) is 24.3 Å². The van der Waals surface area contributed by atoms with Gasteiger partial charge in [0.05, 0.1) is 12.1 Å². The molecule has 2 saturated heterocycles. The van der Waals surface area contributed by atoms with Gasteiger partial charge in [-0.2, -0.15) is 0 Å². The summed E-state index contributed by atoms with van der Waals surface area (Å²) in [5.41, 5.74) is 0.804. The van der Waals surface area contributed by atoms with Crippen molar-refractivity contribution in [3.8, 4) is 5.75 Å². The van der Waals surface area contributed by atoms with Crippen LogP contribution in [0.5, 0.6) is 5.75 Å². The minimum Gasteiger partial charge on any atom is -0.491 e. The molecular weight excluding hydrogens is 304 g/mol. The summed E-state index contributed by atoms with van der Waals surface area (Å²) >= 11 is 0. The van der Waals surface area contributed by atoms with Crippen molar-refractivity contribution in [2.45, 2.75) is 37.8 Å². The Morgan fingerprint density at radius 2 is 2.09 bits per heavy atom. The molecule has 6 heteroatoms. The van der Waals surface area contributed by atoms with Crippen molar-refractivity contribution in [2.75, 3.05) is 25.1 Å². The summed E-state index contributed by atoms with van der Waals surface area (Å²) in [7, 11) is 0. The molecule has 5 nitrogen and oxygen atoms in total. The summed E-state index contributed by atoms with van der Waals surface area (Å²) in [5.74, 6) is 0.850. The van der Waals surface area contributed by atoms with Gasteiger partial charge in [0.2, 0.25) is 5.91 Å². The van der Waals surface area contributed by atoms with Crippen molar-refractivity contribution in [2.24, 2.45) is 0 Å². The highest BCUT2D eigenvalue weighted by atomic mass is 35.5. The van der Waals surface area contributed by atoms with Crippen molar-refractivity contribution >= 4 is 24.0 Å². The highest BCUT2D eigenvalue weighted by Crippen LogP contribution is 2.19. The Morgan fingerprint density at radius 1 is 1.27 bits per heavy atom. The fraction of sp³-hybridized carbons (Fsp3) is 0.562. The van der Waals surface area contributed by atoms with Gasteiger partial charge in [0.1, 0.15) is 12.4 Å². The first-order valence-corrected chi connectivity index (χ1v) is 7.70. The number of hydrogen-bond donors (Lipinski definition) is 2. The number of hydrogen-bond acceptors (Lipinski definition) is 4. The molecule has 1 amide bonds. The van der Waals surface area contributed by atoms with Gasteiger partial charge in [-0.1, -0.05) is 0 Å². The Kier molecular flexibility index (Phi) is 6.49. The van der Waals surface area contributed by atoms with Gasteiger partial charge in [-0.15, -0.1) is 12.4 Å². The highest BCUT2D eigenvalue weighted by Gasteiger charge is 2.21. The zero-order valence-electron chi connectivity index (χ0n) is 12.5. The summed E-state index contributed by atoms with van der Waals surface area (Å²) in [4.78, 5) is 12.0. The first-order chi connectivity index (χ1) is 10.3. The first kappa shape index (κ1) is 17.1. The number of halogens is 1.